The second kappa shape index (κ2) is 6.06. The second-order valence-corrected chi connectivity index (χ2v) is 6.02. The van der Waals surface area contributed by atoms with E-state index in [2.05, 4.69) is 36.5 Å². The molecule has 104 valence electrons. The Kier molecular flexibility index (Phi) is 4.19. The van der Waals surface area contributed by atoms with Crippen LogP contribution in [-0.4, -0.2) is 19.3 Å². The molecule has 1 heterocycles. The van der Waals surface area contributed by atoms with Gasteiger partial charge in [0.2, 0.25) is 0 Å². The Labute approximate surface area is 116 Å². The van der Waals surface area contributed by atoms with Gasteiger partial charge in [0.1, 0.15) is 0 Å². The van der Waals surface area contributed by atoms with Gasteiger partial charge in [-0.1, -0.05) is 31.2 Å². The van der Waals surface area contributed by atoms with E-state index >= 15 is 0 Å². The highest BCUT2D eigenvalue weighted by Gasteiger charge is 2.26. The van der Waals surface area contributed by atoms with Crippen molar-refractivity contribution in [2.75, 3.05) is 13.2 Å². The summed E-state index contributed by atoms with van der Waals surface area (Å²) in [5.74, 6) is 1.56. The Morgan fingerprint density at radius 3 is 2.95 bits per heavy atom. The predicted molar refractivity (Wildman–Crippen MR) is 78.3 cm³/mol. The molecule has 2 nitrogen and oxygen atoms in total. The average Bonchev–Trinajstić information content (AvgIpc) is 3.20. The molecule has 2 unspecified atom stereocenters. The summed E-state index contributed by atoms with van der Waals surface area (Å²) in [5, 5.41) is 3.61. The van der Waals surface area contributed by atoms with Crippen molar-refractivity contribution in [2.45, 2.75) is 51.2 Å². The topological polar surface area (TPSA) is 21.3 Å². The highest BCUT2D eigenvalue weighted by Crippen LogP contribution is 2.40. The zero-order valence-electron chi connectivity index (χ0n) is 11.9. The van der Waals surface area contributed by atoms with Gasteiger partial charge >= 0.3 is 0 Å². The van der Waals surface area contributed by atoms with E-state index in [1.54, 1.807) is 0 Å². The minimum atomic E-state index is 0.477. The van der Waals surface area contributed by atoms with Crippen LogP contribution in [0.3, 0.4) is 0 Å². The van der Waals surface area contributed by atoms with E-state index in [0.717, 1.165) is 32.0 Å². The van der Waals surface area contributed by atoms with Gasteiger partial charge in [0.05, 0.1) is 6.10 Å². The first-order chi connectivity index (χ1) is 9.36. The average molecular weight is 259 g/mol. The van der Waals surface area contributed by atoms with Crippen molar-refractivity contribution < 1.29 is 4.74 Å². The van der Waals surface area contributed by atoms with Gasteiger partial charge in [-0.2, -0.15) is 0 Å². The van der Waals surface area contributed by atoms with Crippen molar-refractivity contribution in [2.24, 2.45) is 5.92 Å². The van der Waals surface area contributed by atoms with Crippen LogP contribution in [0.25, 0.3) is 0 Å². The Morgan fingerprint density at radius 2 is 2.16 bits per heavy atom. The molecule has 2 atom stereocenters. The molecule has 3 rings (SSSR count). The van der Waals surface area contributed by atoms with Crippen LogP contribution in [0.2, 0.25) is 0 Å². The number of rotatable bonds is 6. The van der Waals surface area contributed by atoms with E-state index < -0.39 is 0 Å². The standard InChI is InChI=1S/C17H25NO/c1-2-17-16(8-9-19-17)12-18-11-13-4-3-5-15(10-13)14-6-7-14/h3-5,10,14,16-18H,2,6-9,11-12H2,1H3. The zero-order valence-corrected chi connectivity index (χ0v) is 11.9. The summed E-state index contributed by atoms with van der Waals surface area (Å²) in [7, 11) is 0. The van der Waals surface area contributed by atoms with Crippen LogP contribution >= 0.6 is 0 Å². The lowest BCUT2D eigenvalue weighted by Gasteiger charge is -2.17. The predicted octanol–water partition coefficient (Wildman–Crippen LogP) is 3.47. The summed E-state index contributed by atoms with van der Waals surface area (Å²) in [5.41, 5.74) is 2.96. The maximum absolute atomic E-state index is 5.74. The maximum Gasteiger partial charge on any atom is 0.0613 e. The van der Waals surface area contributed by atoms with Gasteiger partial charge in [-0.05, 0) is 48.6 Å². The molecule has 1 aliphatic heterocycles. The van der Waals surface area contributed by atoms with E-state index in [1.165, 1.54) is 30.4 Å². The van der Waals surface area contributed by atoms with Gasteiger partial charge in [0.15, 0.2) is 0 Å². The molecule has 0 bridgehead atoms. The fourth-order valence-electron chi connectivity index (χ4n) is 3.15. The Morgan fingerprint density at radius 1 is 1.26 bits per heavy atom. The SMILES string of the molecule is CCC1OCCC1CNCc1cccc(C2CC2)c1. The van der Waals surface area contributed by atoms with Crippen LogP contribution in [0.4, 0.5) is 0 Å². The molecule has 1 N–H and O–H groups in total. The fourth-order valence-corrected chi connectivity index (χ4v) is 3.15. The number of benzene rings is 1. The van der Waals surface area contributed by atoms with Crippen LogP contribution in [0.1, 0.15) is 49.7 Å². The van der Waals surface area contributed by atoms with Crippen LogP contribution in [-0.2, 0) is 11.3 Å². The van der Waals surface area contributed by atoms with E-state index in [0.29, 0.717) is 12.0 Å². The fraction of sp³-hybridized carbons (Fsp3) is 0.647. The molecule has 0 radical (unpaired) electrons. The smallest absolute Gasteiger partial charge is 0.0613 e. The number of nitrogens with one attached hydrogen (secondary N) is 1. The molecule has 19 heavy (non-hydrogen) atoms. The first kappa shape index (κ1) is 13.1. The third kappa shape index (κ3) is 3.37. The first-order valence-corrected chi connectivity index (χ1v) is 7.78. The molecule has 2 fully saturated rings. The molecule has 2 heteroatoms. The van der Waals surface area contributed by atoms with Crippen molar-refractivity contribution in [1.82, 2.24) is 5.32 Å². The summed E-state index contributed by atoms with van der Waals surface area (Å²) in [4.78, 5) is 0. The Hall–Kier alpha value is -0.860. The minimum Gasteiger partial charge on any atom is -0.378 e. The van der Waals surface area contributed by atoms with Crippen molar-refractivity contribution in [1.29, 1.82) is 0 Å². The highest BCUT2D eigenvalue weighted by molar-refractivity contribution is 5.29. The third-order valence-electron chi connectivity index (χ3n) is 4.48. The molecule has 0 spiro atoms. The summed E-state index contributed by atoms with van der Waals surface area (Å²) in [6.45, 7) is 5.25. The molecule has 2 aliphatic rings. The lowest BCUT2D eigenvalue weighted by molar-refractivity contribution is 0.0872. The zero-order chi connectivity index (χ0) is 13.1. The van der Waals surface area contributed by atoms with Crippen LogP contribution in [0.5, 0.6) is 0 Å². The first-order valence-electron chi connectivity index (χ1n) is 7.78. The van der Waals surface area contributed by atoms with E-state index in [4.69, 9.17) is 4.74 Å². The maximum atomic E-state index is 5.74. The van der Waals surface area contributed by atoms with Crippen molar-refractivity contribution in [3.8, 4) is 0 Å². The third-order valence-corrected chi connectivity index (χ3v) is 4.48. The summed E-state index contributed by atoms with van der Waals surface area (Å²) < 4.78 is 5.74. The van der Waals surface area contributed by atoms with Gasteiger partial charge in [0, 0.05) is 19.7 Å². The normalized spacial score (nSPS) is 26.8. The number of hydrogen-bond acceptors (Lipinski definition) is 2. The molecule has 0 amide bonds. The molecule has 1 aromatic rings. The summed E-state index contributed by atoms with van der Waals surface area (Å²) >= 11 is 0. The molecular formula is C17H25NO. The largest absolute Gasteiger partial charge is 0.378 e. The highest BCUT2D eigenvalue weighted by atomic mass is 16.5. The Bertz CT molecular complexity index is 413. The van der Waals surface area contributed by atoms with E-state index in [9.17, 15) is 0 Å². The molecule has 1 aliphatic carbocycles. The van der Waals surface area contributed by atoms with Gasteiger partial charge in [0.25, 0.3) is 0 Å². The van der Waals surface area contributed by atoms with Crippen LogP contribution < -0.4 is 5.32 Å². The van der Waals surface area contributed by atoms with Gasteiger partial charge in [-0.25, -0.2) is 0 Å². The number of ether oxygens (including phenoxy) is 1. The lowest BCUT2D eigenvalue weighted by atomic mass is 9.99. The monoisotopic (exact) mass is 259 g/mol. The summed E-state index contributed by atoms with van der Waals surface area (Å²) in [6.07, 6.45) is 5.60. The van der Waals surface area contributed by atoms with Gasteiger partial charge in [-0.15, -0.1) is 0 Å². The van der Waals surface area contributed by atoms with Crippen molar-refractivity contribution in [3.63, 3.8) is 0 Å². The van der Waals surface area contributed by atoms with Gasteiger partial charge in [-0.3, -0.25) is 0 Å². The minimum absolute atomic E-state index is 0.477. The van der Waals surface area contributed by atoms with Crippen LogP contribution in [0.15, 0.2) is 24.3 Å². The van der Waals surface area contributed by atoms with Crippen LogP contribution in [0, 0.1) is 5.92 Å². The molecule has 1 aromatic carbocycles. The van der Waals surface area contributed by atoms with Gasteiger partial charge < -0.3 is 10.1 Å². The van der Waals surface area contributed by atoms with E-state index in [1.807, 2.05) is 0 Å². The lowest BCUT2D eigenvalue weighted by Crippen LogP contribution is -2.27. The second-order valence-electron chi connectivity index (χ2n) is 6.02. The van der Waals surface area contributed by atoms with E-state index in [-0.39, 0.29) is 0 Å². The summed E-state index contributed by atoms with van der Waals surface area (Å²) in [6, 6.07) is 9.10. The molecular weight excluding hydrogens is 234 g/mol. The molecule has 1 saturated carbocycles. The van der Waals surface area contributed by atoms with Crippen molar-refractivity contribution in [3.05, 3.63) is 35.4 Å². The quantitative estimate of drug-likeness (QED) is 0.844. The number of hydrogen-bond donors (Lipinski definition) is 1. The Balaban J connectivity index is 1.48. The van der Waals surface area contributed by atoms with Crippen molar-refractivity contribution >= 4 is 0 Å². The molecule has 0 aromatic heterocycles. The molecule has 1 saturated heterocycles.